The van der Waals surface area contributed by atoms with Crippen molar-refractivity contribution in [1.29, 1.82) is 0 Å². The predicted molar refractivity (Wildman–Crippen MR) is 94.3 cm³/mol. The molecule has 2 saturated heterocycles. The maximum absolute atomic E-state index is 8.36. The standard InChI is InChI=1S/C16H21N3S.CH2O2/c1-18-10-8-16(11-18)7-4-9-19(12-16)15-17-13-5-2-3-6-14(13)20-15;2-1-3/h2-3,5-6H,4,7-12H2,1H3;1H,(H,2,3). The highest BCUT2D eigenvalue weighted by atomic mass is 32.1. The van der Waals surface area contributed by atoms with E-state index < -0.39 is 0 Å². The van der Waals surface area contributed by atoms with Crippen molar-refractivity contribution in [2.24, 2.45) is 5.41 Å². The highest BCUT2D eigenvalue weighted by Crippen LogP contribution is 2.41. The molecule has 1 unspecified atom stereocenters. The first-order valence-corrected chi connectivity index (χ1v) is 8.84. The Kier molecular flexibility index (Phi) is 4.82. The summed E-state index contributed by atoms with van der Waals surface area (Å²) >= 11 is 1.85. The summed E-state index contributed by atoms with van der Waals surface area (Å²) in [5.74, 6) is 0. The molecule has 4 rings (SSSR count). The van der Waals surface area contributed by atoms with Crippen molar-refractivity contribution in [3.05, 3.63) is 24.3 Å². The molecule has 2 fully saturated rings. The third-order valence-electron chi connectivity index (χ3n) is 4.84. The van der Waals surface area contributed by atoms with Crippen LogP contribution in [-0.4, -0.2) is 54.7 Å². The number of rotatable bonds is 1. The lowest BCUT2D eigenvalue weighted by Crippen LogP contribution is -2.44. The molecular formula is C17H23N3O2S. The highest BCUT2D eigenvalue weighted by molar-refractivity contribution is 7.22. The van der Waals surface area contributed by atoms with Gasteiger partial charge in [-0.05, 0) is 45.0 Å². The van der Waals surface area contributed by atoms with Crippen LogP contribution in [0.5, 0.6) is 0 Å². The van der Waals surface area contributed by atoms with E-state index in [0.29, 0.717) is 5.41 Å². The van der Waals surface area contributed by atoms with E-state index in [1.165, 1.54) is 55.3 Å². The van der Waals surface area contributed by atoms with E-state index in [-0.39, 0.29) is 6.47 Å². The van der Waals surface area contributed by atoms with Gasteiger partial charge in [0.1, 0.15) is 0 Å². The molecule has 2 aromatic rings. The molecule has 1 spiro atoms. The zero-order valence-corrected chi connectivity index (χ0v) is 14.3. The van der Waals surface area contributed by atoms with Crippen LogP contribution < -0.4 is 4.90 Å². The van der Waals surface area contributed by atoms with E-state index in [2.05, 4.69) is 41.1 Å². The zero-order chi connectivity index (χ0) is 16.3. The normalized spacial score (nSPS) is 24.7. The van der Waals surface area contributed by atoms with E-state index in [9.17, 15) is 0 Å². The Morgan fingerprint density at radius 2 is 2.04 bits per heavy atom. The fourth-order valence-electron chi connectivity index (χ4n) is 3.86. The monoisotopic (exact) mass is 333 g/mol. The Morgan fingerprint density at radius 3 is 2.74 bits per heavy atom. The molecule has 0 saturated carbocycles. The third kappa shape index (κ3) is 3.48. The van der Waals surface area contributed by atoms with Crippen LogP contribution in [0, 0.1) is 5.41 Å². The minimum atomic E-state index is -0.250. The van der Waals surface area contributed by atoms with Crippen LogP contribution in [0.3, 0.4) is 0 Å². The molecule has 2 aliphatic rings. The second kappa shape index (κ2) is 6.84. The summed E-state index contributed by atoms with van der Waals surface area (Å²) in [7, 11) is 2.26. The maximum Gasteiger partial charge on any atom is 0.290 e. The van der Waals surface area contributed by atoms with Crippen LogP contribution >= 0.6 is 11.3 Å². The van der Waals surface area contributed by atoms with Crippen molar-refractivity contribution >= 4 is 33.2 Å². The molecule has 3 heterocycles. The lowest BCUT2D eigenvalue weighted by molar-refractivity contribution is -0.122. The predicted octanol–water partition coefficient (Wildman–Crippen LogP) is 2.92. The molecular weight excluding hydrogens is 310 g/mol. The van der Waals surface area contributed by atoms with Crippen LogP contribution in [0.2, 0.25) is 0 Å². The van der Waals surface area contributed by atoms with Gasteiger partial charge in [-0.2, -0.15) is 0 Å². The number of anilines is 1. The van der Waals surface area contributed by atoms with Gasteiger partial charge in [-0.15, -0.1) is 0 Å². The first kappa shape index (κ1) is 16.2. The third-order valence-corrected chi connectivity index (χ3v) is 5.94. The van der Waals surface area contributed by atoms with Crippen LogP contribution in [0.1, 0.15) is 19.3 Å². The molecule has 124 valence electrons. The summed E-state index contributed by atoms with van der Waals surface area (Å²) in [5, 5.41) is 8.11. The number of para-hydroxylation sites is 1. The molecule has 23 heavy (non-hydrogen) atoms. The number of nitrogens with zero attached hydrogens (tertiary/aromatic N) is 3. The van der Waals surface area contributed by atoms with E-state index in [0.717, 1.165) is 5.52 Å². The number of likely N-dealkylation sites (tertiary alicyclic amines) is 1. The van der Waals surface area contributed by atoms with Crippen molar-refractivity contribution in [2.45, 2.75) is 19.3 Å². The summed E-state index contributed by atoms with van der Waals surface area (Å²) < 4.78 is 1.31. The molecule has 0 bridgehead atoms. The number of piperidine rings is 1. The lowest BCUT2D eigenvalue weighted by atomic mass is 9.79. The van der Waals surface area contributed by atoms with Gasteiger partial charge in [-0.25, -0.2) is 4.98 Å². The van der Waals surface area contributed by atoms with Gasteiger partial charge in [-0.3, -0.25) is 4.79 Å². The smallest absolute Gasteiger partial charge is 0.290 e. The SMILES string of the molecule is CN1CCC2(CCCN(c3nc4ccccc4s3)C2)C1.O=CO. The number of aromatic nitrogens is 1. The number of hydrogen-bond acceptors (Lipinski definition) is 5. The van der Waals surface area contributed by atoms with Crippen molar-refractivity contribution in [3.63, 3.8) is 0 Å². The van der Waals surface area contributed by atoms with Gasteiger partial charge in [-0.1, -0.05) is 23.5 Å². The molecule has 1 aromatic heterocycles. The van der Waals surface area contributed by atoms with Crippen LogP contribution in [-0.2, 0) is 4.79 Å². The van der Waals surface area contributed by atoms with E-state index in [4.69, 9.17) is 14.9 Å². The Bertz CT molecular complexity index is 638. The van der Waals surface area contributed by atoms with Crippen molar-refractivity contribution in [3.8, 4) is 0 Å². The lowest BCUT2D eigenvalue weighted by Gasteiger charge is -2.40. The average Bonchev–Trinajstić information content (AvgIpc) is 3.12. The topological polar surface area (TPSA) is 56.7 Å². The van der Waals surface area contributed by atoms with Crippen molar-refractivity contribution in [1.82, 2.24) is 9.88 Å². The Hall–Kier alpha value is -1.66. The molecule has 2 aliphatic heterocycles. The molecule has 0 aliphatic carbocycles. The molecule has 1 aromatic carbocycles. The van der Waals surface area contributed by atoms with Gasteiger partial charge in [0.25, 0.3) is 6.47 Å². The summed E-state index contributed by atoms with van der Waals surface area (Å²) in [6.45, 7) is 4.63. The second-order valence-corrected chi connectivity index (χ2v) is 7.59. The molecule has 0 radical (unpaired) electrons. The summed E-state index contributed by atoms with van der Waals surface area (Å²) in [6.07, 6.45) is 4.05. The quantitative estimate of drug-likeness (QED) is 0.813. The minimum absolute atomic E-state index is 0.250. The number of hydrogen-bond donors (Lipinski definition) is 1. The molecule has 5 nitrogen and oxygen atoms in total. The molecule has 0 amide bonds. The number of thiazole rings is 1. The molecule has 6 heteroatoms. The van der Waals surface area contributed by atoms with Crippen LogP contribution in [0.25, 0.3) is 10.2 Å². The Labute approximate surface area is 140 Å². The molecule has 1 N–H and O–H groups in total. The summed E-state index contributed by atoms with van der Waals surface area (Å²) in [4.78, 5) is 18.2. The van der Waals surface area contributed by atoms with E-state index in [1.807, 2.05) is 11.3 Å². The minimum Gasteiger partial charge on any atom is -0.483 e. The van der Waals surface area contributed by atoms with Gasteiger partial charge in [0.15, 0.2) is 5.13 Å². The number of fused-ring (bicyclic) bond motifs is 1. The van der Waals surface area contributed by atoms with Crippen molar-refractivity contribution < 1.29 is 9.90 Å². The van der Waals surface area contributed by atoms with Crippen LogP contribution in [0.4, 0.5) is 5.13 Å². The fraction of sp³-hybridized carbons (Fsp3) is 0.529. The first-order chi connectivity index (χ1) is 11.2. The van der Waals surface area contributed by atoms with E-state index >= 15 is 0 Å². The van der Waals surface area contributed by atoms with Gasteiger partial charge in [0, 0.05) is 25.0 Å². The Morgan fingerprint density at radius 1 is 1.26 bits per heavy atom. The van der Waals surface area contributed by atoms with Gasteiger partial charge in [0.2, 0.25) is 0 Å². The largest absolute Gasteiger partial charge is 0.483 e. The highest BCUT2D eigenvalue weighted by Gasteiger charge is 2.40. The van der Waals surface area contributed by atoms with E-state index in [1.54, 1.807) is 0 Å². The summed E-state index contributed by atoms with van der Waals surface area (Å²) in [5.41, 5.74) is 1.67. The molecule has 1 atom stereocenters. The average molecular weight is 333 g/mol. The number of benzene rings is 1. The second-order valence-electron chi connectivity index (χ2n) is 6.58. The fourth-order valence-corrected chi connectivity index (χ4v) is 4.85. The van der Waals surface area contributed by atoms with Crippen LogP contribution in [0.15, 0.2) is 24.3 Å². The van der Waals surface area contributed by atoms with Gasteiger partial charge in [0.05, 0.1) is 10.2 Å². The van der Waals surface area contributed by atoms with Crippen molar-refractivity contribution in [2.75, 3.05) is 38.1 Å². The maximum atomic E-state index is 8.36. The van der Waals surface area contributed by atoms with Gasteiger partial charge < -0.3 is 14.9 Å². The first-order valence-electron chi connectivity index (χ1n) is 8.03. The number of carboxylic acid groups (broad SMARTS) is 1. The zero-order valence-electron chi connectivity index (χ0n) is 13.4. The Balaban J connectivity index is 0.000000485. The number of carbonyl (C=O) groups is 1. The van der Waals surface area contributed by atoms with Gasteiger partial charge >= 0.3 is 0 Å². The summed E-state index contributed by atoms with van der Waals surface area (Å²) in [6, 6.07) is 8.49.